The lowest BCUT2D eigenvalue weighted by molar-refractivity contribution is -0.105. The third kappa shape index (κ3) is 2.26. The Hall–Kier alpha value is -2.33. The summed E-state index contributed by atoms with van der Waals surface area (Å²) in [6.45, 7) is 1.92. The van der Waals surface area contributed by atoms with Gasteiger partial charge in [-0.25, -0.2) is 4.98 Å². The lowest BCUT2D eigenvalue weighted by Crippen LogP contribution is -1.96. The SMILES string of the molecule is Cc1ccc(-c2nc3cc(Cl)ccc3o2)cc1NC=O. The minimum Gasteiger partial charge on any atom is -0.436 e. The van der Waals surface area contributed by atoms with Gasteiger partial charge in [0.25, 0.3) is 0 Å². The van der Waals surface area contributed by atoms with Gasteiger partial charge in [0.1, 0.15) is 5.52 Å². The van der Waals surface area contributed by atoms with Crippen LogP contribution < -0.4 is 5.32 Å². The molecule has 20 heavy (non-hydrogen) atoms. The first kappa shape index (κ1) is 12.7. The molecule has 4 nitrogen and oxygen atoms in total. The van der Waals surface area contributed by atoms with Crippen molar-refractivity contribution in [3.05, 3.63) is 47.0 Å². The van der Waals surface area contributed by atoms with Crippen molar-refractivity contribution in [2.75, 3.05) is 5.32 Å². The third-order valence-corrected chi connectivity index (χ3v) is 3.28. The number of nitrogens with one attached hydrogen (secondary N) is 1. The van der Waals surface area contributed by atoms with Crippen LogP contribution >= 0.6 is 11.6 Å². The molecular formula is C15H11ClN2O2. The predicted molar refractivity (Wildman–Crippen MR) is 78.9 cm³/mol. The number of amides is 1. The van der Waals surface area contributed by atoms with Gasteiger partial charge in [-0.05, 0) is 42.8 Å². The monoisotopic (exact) mass is 286 g/mol. The average molecular weight is 287 g/mol. The van der Waals surface area contributed by atoms with Crippen LogP contribution in [0.5, 0.6) is 0 Å². The summed E-state index contributed by atoms with van der Waals surface area (Å²) >= 11 is 5.93. The zero-order valence-electron chi connectivity index (χ0n) is 10.7. The molecule has 0 saturated heterocycles. The number of carbonyl (C=O) groups is 1. The molecule has 0 bridgehead atoms. The van der Waals surface area contributed by atoms with Gasteiger partial charge in [-0.2, -0.15) is 0 Å². The van der Waals surface area contributed by atoms with Crippen molar-refractivity contribution in [3.8, 4) is 11.5 Å². The lowest BCUT2D eigenvalue weighted by atomic mass is 10.1. The van der Waals surface area contributed by atoms with Crippen LogP contribution in [-0.2, 0) is 4.79 Å². The Morgan fingerprint density at radius 3 is 2.90 bits per heavy atom. The molecule has 0 aliphatic carbocycles. The number of oxazole rings is 1. The van der Waals surface area contributed by atoms with Gasteiger partial charge in [0.05, 0.1) is 0 Å². The second-order valence-corrected chi connectivity index (χ2v) is 4.86. The molecule has 5 heteroatoms. The fourth-order valence-corrected chi connectivity index (χ4v) is 2.16. The molecule has 0 radical (unpaired) electrons. The third-order valence-electron chi connectivity index (χ3n) is 3.05. The number of aryl methyl sites for hydroxylation is 1. The van der Waals surface area contributed by atoms with E-state index in [2.05, 4.69) is 10.3 Å². The van der Waals surface area contributed by atoms with Crippen LogP contribution in [0.4, 0.5) is 5.69 Å². The topological polar surface area (TPSA) is 55.1 Å². The van der Waals surface area contributed by atoms with E-state index in [-0.39, 0.29) is 0 Å². The number of hydrogen-bond acceptors (Lipinski definition) is 3. The van der Waals surface area contributed by atoms with Crippen molar-refractivity contribution in [1.29, 1.82) is 0 Å². The van der Waals surface area contributed by atoms with E-state index in [0.717, 1.165) is 16.8 Å². The van der Waals surface area contributed by atoms with E-state index in [1.54, 1.807) is 18.2 Å². The number of anilines is 1. The molecule has 0 saturated carbocycles. The summed E-state index contributed by atoms with van der Waals surface area (Å²) in [6.07, 6.45) is 0.651. The summed E-state index contributed by atoms with van der Waals surface area (Å²) in [4.78, 5) is 15.0. The summed E-state index contributed by atoms with van der Waals surface area (Å²) in [5, 5.41) is 3.27. The maximum absolute atomic E-state index is 10.6. The number of benzene rings is 2. The molecule has 0 spiro atoms. The number of aromatic nitrogens is 1. The molecule has 0 atom stereocenters. The molecule has 1 aromatic heterocycles. The highest BCUT2D eigenvalue weighted by Gasteiger charge is 2.10. The smallest absolute Gasteiger partial charge is 0.227 e. The van der Waals surface area contributed by atoms with Crippen molar-refractivity contribution in [2.24, 2.45) is 0 Å². The van der Waals surface area contributed by atoms with Gasteiger partial charge in [-0.3, -0.25) is 4.79 Å². The molecule has 1 amide bonds. The quantitative estimate of drug-likeness (QED) is 0.740. The van der Waals surface area contributed by atoms with Crippen molar-refractivity contribution >= 4 is 34.8 Å². The highest BCUT2D eigenvalue weighted by Crippen LogP contribution is 2.28. The Morgan fingerprint density at radius 2 is 2.10 bits per heavy atom. The van der Waals surface area contributed by atoms with Crippen molar-refractivity contribution in [3.63, 3.8) is 0 Å². The summed E-state index contributed by atoms with van der Waals surface area (Å²) < 4.78 is 5.70. The molecule has 1 N–H and O–H groups in total. The molecule has 2 aromatic carbocycles. The number of hydrogen-bond donors (Lipinski definition) is 1. The highest BCUT2D eigenvalue weighted by atomic mass is 35.5. The van der Waals surface area contributed by atoms with E-state index < -0.39 is 0 Å². The first-order valence-electron chi connectivity index (χ1n) is 6.04. The summed E-state index contributed by atoms with van der Waals surface area (Å²) in [5.74, 6) is 0.496. The van der Waals surface area contributed by atoms with Crippen molar-refractivity contribution in [1.82, 2.24) is 4.98 Å². The first-order valence-corrected chi connectivity index (χ1v) is 6.42. The second kappa shape index (κ2) is 4.98. The van der Waals surface area contributed by atoms with Crippen LogP contribution in [0.15, 0.2) is 40.8 Å². The maximum atomic E-state index is 10.6. The zero-order valence-corrected chi connectivity index (χ0v) is 11.4. The number of nitrogens with zero attached hydrogens (tertiary/aromatic N) is 1. The molecule has 100 valence electrons. The minimum atomic E-state index is 0.496. The van der Waals surface area contributed by atoms with Gasteiger partial charge in [0, 0.05) is 16.3 Å². The standard InChI is InChI=1S/C15H11ClN2O2/c1-9-2-3-10(6-12(9)17-8-19)15-18-13-7-11(16)4-5-14(13)20-15/h2-8H,1H3,(H,17,19). The number of carbonyl (C=O) groups excluding carboxylic acids is 1. The fourth-order valence-electron chi connectivity index (χ4n) is 2.00. The predicted octanol–water partition coefficient (Wildman–Crippen LogP) is 4.02. The Morgan fingerprint density at radius 1 is 1.25 bits per heavy atom. The van der Waals surface area contributed by atoms with Gasteiger partial charge < -0.3 is 9.73 Å². The van der Waals surface area contributed by atoms with E-state index in [1.807, 2.05) is 25.1 Å². The number of rotatable bonds is 3. The van der Waals surface area contributed by atoms with Gasteiger partial charge in [-0.1, -0.05) is 17.7 Å². The van der Waals surface area contributed by atoms with E-state index >= 15 is 0 Å². The maximum Gasteiger partial charge on any atom is 0.227 e. The fraction of sp³-hybridized carbons (Fsp3) is 0.0667. The number of halogens is 1. The van der Waals surface area contributed by atoms with E-state index in [0.29, 0.717) is 28.4 Å². The molecule has 0 unspecified atom stereocenters. The molecule has 1 heterocycles. The van der Waals surface area contributed by atoms with Crippen LogP contribution in [0, 0.1) is 6.92 Å². The normalized spacial score (nSPS) is 10.7. The summed E-state index contributed by atoms with van der Waals surface area (Å²) in [5.41, 5.74) is 3.89. The van der Waals surface area contributed by atoms with E-state index in [1.165, 1.54) is 0 Å². The largest absolute Gasteiger partial charge is 0.436 e. The summed E-state index contributed by atoms with van der Waals surface area (Å²) in [7, 11) is 0. The molecular weight excluding hydrogens is 276 g/mol. The van der Waals surface area contributed by atoms with Gasteiger partial charge in [-0.15, -0.1) is 0 Å². The molecule has 0 fully saturated rings. The molecule has 0 aliphatic heterocycles. The van der Waals surface area contributed by atoms with Gasteiger partial charge in [0.2, 0.25) is 12.3 Å². The van der Waals surface area contributed by atoms with E-state index in [4.69, 9.17) is 16.0 Å². The Bertz CT molecular complexity index is 796. The van der Waals surface area contributed by atoms with Crippen LogP contribution in [-0.4, -0.2) is 11.4 Å². The van der Waals surface area contributed by atoms with Crippen LogP contribution in [0.25, 0.3) is 22.6 Å². The van der Waals surface area contributed by atoms with Crippen molar-refractivity contribution in [2.45, 2.75) is 6.92 Å². The molecule has 0 aliphatic rings. The van der Waals surface area contributed by atoms with Crippen LogP contribution in [0.2, 0.25) is 5.02 Å². The van der Waals surface area contributed by atoms with Gasteiger partial charge in [0.15, 0.2) is 5.58 Å². The lowest BCUT2D eigenvalue weighted by Gasteiger charge is -2.05. The Labute approximate surface area is 120 Å². The highest BCUT2D eigenvalue weighted by molar-refractivity contribution is 6.31. The average Bonchev–Trinajstić information content (AvgIpc) is 2.84. The molecule has 3 aromatic rings. The van der Waals surface area contributed by atoms with Crippen molar-refractivity contribution < 1.29 is 9.21 Å². The summed E-state index contributed by atoms with van der Waals surface area (Å²) in [6, 6.07) is 10.9. The Balaban J connectivity index is 2.10. The molecule has 3 rings (SSSR count). The zero-order chi connectivity index (χ0) is 14.1. The number of fused-ring (bicyclic) bond motifs is 1. The van der Waals surface area contributed by atoms with Gasteiger partial charge >= 0.3 is 0 Å². The first-order chi connectivity index (χ1) is 9.67. The minimum absolute atomic E-state index is 0.496. The van der Waals surface area contributed by atoms with Crippen LogP contribution in [0.1, 0.15) is 5.56 Å². The second-order valence-electron chi connectivity index (χ2n) is 4.42. The van der Waals surface area contributed by atoms with Crippen LogP contribution in [0.3, 0.4) is 0 Å². The Kier molecular flexibility index (Phi) is 3.16. The van der Waals surface area contributed by atoms with E-state index in [9.17, 15) is 4.79 Å².